The number of anilines is 2. The van der Waals surface area contributed by atoms with E-state index < -0.39 is 0 Å². The lowest BCUT2D eigenvalue weighted by Crippen LogP contribution is -2.30. The molecule has 0 saturated carbocycles. The molecule has 2 rings (SSSR count). The minimum Gasteiger partial charge on any atom is -0.493 e. The number of hydrogen-bond acceptors (Lipinski definition) is 5. The first kappa shape index (κ1) is 21.5. The average molecular weight is 386 g/mol. The number of hydrogen-bond donors (Lipinski definition) is 2. The van der Waals surface area contributed by atoms with E-state index in [-0.39, 0.29) is 0 Å². The van der Waals surface area contributed by atoms with Crippen molar-refractivity contribution < 1.29 is 9.47 Å². The van der Waals surface area contributed by atoms with Crippen molar-refractivity contribution in [2.24, 2.45) is 4.99 Å². The highest BCUT2D eigenvalue weighted by Crippen LogP contribution is 2.18. The molecule has 7 nitrogen and oxygen atoms in total. The van der Waals surface area contributed by atoms with Crippen molar-refractivity contribution in [1.29, 1.82) is 0 Å². The van der Waals surface area contributed by atoms with E-state index in [1.165, 1.54) is 0 Å². The number of nitrogens with zero attached hydrogens (tertiary/aromatic N) is 3. The van der Waals surface area contributed by atoms with E-state index in [9.17, 15) is 0 Å². The SMILES string of the molecule is CCNC(=NCc1ccnc(N(C)C)c1)Nc1cccc(OCCCOC)c1. The van der Waals surface area contributed by atoms with Gasteiger partial charge in [0.15, 0.2) is 5.96 Å². The molecule has 0 saturated heterocycles. The Hall–Kier alpha value is -2.80. The molecule has 7 heteroatoms. The number of rotatable bonds is 10. The maximum Gasteiger partial charge on any atom is 0.196 e. The fraction of sp³-hybridized carbons (Fsp3) is 0.429. The van der Waals surface area contributed by atoms with Crippen molar-refractivity contribution in [1.82, 2.24) is 10.3 Å². The highest BCUT2D eigenvalue weighted by molar-refractivity contribution is 5.93. The first-order valence-corrected chi connectivity index (χ1v) is 9.51. The second-order valence-corrected chi connectivity index (χ2v) is 6.46. The number of benzene rings is 1. The second-order valence-electron chi connectivity index (χ2n) is 6.46. The highest BCUT2D eigenvalue weighted by atomic mass is 16.5. The van der Waals surface area contributed by atoms with Crippen LogP contribution in [0.25, 0.3) is 0 Å². The molecule has 2 aromatic rings. The third kappa shape index (κ3) is 7.44. The summed E-state index contributed by atoms with van der Waals surface area (Å²) in [6, 6.07) is 11.9. The molecular weight excluding hydrogens is 354 g/mol. The molecule has 0 aliphatic carbocycles. The third-order valence-corrected chi connectivity index (χ3v) is 3.89. The Balaban J connectivity index is 2.01. The van der Waals surface area contributed by atoms with E-state index in [0.29, 0.717) is 19.8 Å². The molecule has 1 heterocycles. The molecular formula is C21H31N5O2. The average Bonchev–Trinajstić information content (AvgIpc) is 2.70. The fourth-order valence-corrected chi connectivity index (χ4v) is 2.47. The van der Waals surface area contributed by atoms with Gasteiger partial charge in [0.1, 0.15) is 11.6 Å². The van der Waals surface area contributed by atoms with Gasteiger partial charge in [0, 0.05) is 58.7 Å². The summed E-state index contributed by atoms with van der Waals surface area (Å²) >= 11 is 0. The van der Waals surface area contributed by atoms with Crippen LogP contribution in [0.15, 0.2) is 47.6 Å². The van der Waals surface area contributed by atoms with E-state index in [1.54, 1.807) is 7.11 Å². The topological polar surface area (TPSA) is 71.0 Å². The van der Waals surface area contributed by atoms with Gasteiger partial charge in [0.05, 0.1) is 13.2 Å². The molecule has 1 aromatic heterocycles. The number of nitrogens with one attached hydrogen (secondary N) is 2. The van der Waals surface area contributed by atoms with E-state index in [2.05, 4.69) is 20.6 Å². The second kappa shape index (κ2) is 11.8. The zero-order chi connectivity index (χ0) is 20.2. The van der Waals surface area contributed by atoms with Gasteiger partial charge in [0.25, 0.3) is 0 Å². The highest BCUT2D eigenvalue weighted by Gasteiger charge is 2.03. The van der Waals surface area contributed by atoms with Crippen LogP contribution in [0.2, 0.25) is 0 Å². The van der Waals surface area contributed by atoms with E-state index in [0.717, 1.165) is 41.7 Å². The molecule has 2 N–H and O–H groups in total. The van der Waals surface area contributed by atoms with Crippen LogP contribution >= 0.6 is 0 Å². The van der Waals surface area contributed by atoms with Crippen molar-refractivity contribution in [3.05, 3.63) is 48.2 Å². The van der Waals surface area contributed by atoms with Gasteiger partial charge in [-0.3, -0.25) is 0 Å². The van der Waals surface area contributed by atoms with Crippen molar-refractivity contribution >= 4 is 17.5 Å². The summed E-state index contributed by atoms with van der Waals surface area (Å²) in [6.45, 7) is 4.70. The van der Waals surface area contributed by atoms with Gasteiger partial charge >= 0.3 is 0 Å². The Labute approximate surface area is 167 Å². The maximum atomic E-state index is 5.76. The molecule has 0 spiro atoms. The van der Waals surface area contributed by atoms with Gasteiger partial charge in [0.2, 0.25) is 0 Å². The number of ether oxygens (including phenoxy) is 2. The van der Waals surface area contributed by atoms with Crippen LogP contribution < -0.4 is 20.3 Å². The minimum atomic E-state index is 0.561. The molecule has 0 amide bonds. The molecule has 0 fully saturated rings. The van der Waals surface area contributed by atoms with Crippen LogP contribution in [0.3, 0.4) is 0 Å². The van der Waals surface area contributed by atoms with Gasteiger partial charge in [-0.25, -0.2) is 9.98 Å². The predicted molar refractivity (Wildman–Crippen MR) is 115 cm³/mol. The summed E-state index contributed by atoms with van der Waals surface area (Å²) in [7, 11) is 5.65. The summed E-state index contributed by atoms with van der Waals surface area (Å²) in [6.07, 6.45) is 2.67. The van der Waals surface area contributed by atoms with E-state index in [1.807, 2.05) is 68.5 Å². The maximum absolute atomic E-state index is 5.76. The molecule has 0 aliphatic rings. The third-order valence-electron chi connectivity index (χ3n) is 3.89. The normalized spacial score (nSPS) is 11.2. The van der Waals surface area contributed by atoms with Crippen LogP contribution in [-0.2, 0) is 11.3 Å². The zero-order valence-electron chi connectivity index (χ0n) is 17.2. The van der Waals surface area contributed by atoms with Gasteiger partial charge in [-0.1, -0.05) is 6.07 Å². The quantitative estimate of drug-likeness (QED) is 0.372. The molecule has 0 bridgehead atoms. The van der Waals surface area contributed by atoms with Crippen LogP contribution in [-0.4, -0.2) is 51.9 Å². The number of methoxy groups -OCH3 is 1. The predicted octanol–water partition coefficient (Wildman–Crippen LogP) is 3.14. The summed E-state index contributed by atoms with van der Waals surface area (Å²) in [5, 5.41) is 6.61. The zero-order valence-corrected chi connectivity index (χ0v) is 17.2. The van der Waals surface area contributed by atoms with E-state index >= 15 is 0 Å². The van der Waals surface area contributed by atoms with Gasteiger partial charge < -0.3 is 25.0 Å². The molecule has 0 atom stereocenters. The summed E-state index contributed by atoms with van der Waals surface area (Å²) in [4.78, 5) is 11.0. The Bertz CT molecular complexity index is 749. The Morgan fingerprint density at radius 2 is 2.04 bits per heavy atom. The van der Waals surface area contributed by atoms with Crippen LogP contribution in [0.5, 0.6) is 5.75 Å². The van der Waals surface area contributed by atoms with Gasteiger partial charge in [-0.05, 0) is 36.8 Å². The van der Waals surface area contributed by atoms with Crippen molar-refractivity contribution in [2.45, 2.75) is 19.9 Å². The Morgan fingerprint density at radius 3 is 2.79 bits per heavy atom. The largest absolute Gasteiger partial charge is 0.493 e. The van der Waals surface area contributed by atoms with Gasteiger partial charge in [-0.2, -0.15) is 0 Å². The summed E-state index contributed by atoms with van der Waals surface area (Å²) < 4.78 is 10.8. The first-order valence-electron chi connectivity index (χ1n) is 9.51. The smallest absolute Gasteiger partial charge is 0.196 e. The number of guanidine groups is 1. The lowest BCUT2D eigenvalue weighted by molar-refractivity contribution is 0.172. The molecule has 0 radical (unpaired) electrons. The summed E-state index contributed by atoms with van der Waals surface area (Å²) in [5.41, 5.74) is 2.03. The molecule has 1 aromatic carbocycles. The van der Waals surface area contributed by atoms with Crippen LogP contribution in [0.1, 0.15) is 18.9 Å². The Kier molecular flexibility index (Phi) is 9.07. The number of aliphatic imine (C=N–C) groups is 1. The first-order chi connectivity index (χ1) is 13.6. The molecule has 152 valence electrons. The van der Waals surface area contributed by atoms with Gasteiger partial charge in [-0.15, -0.1) is 0 Å². The fourth-order valence-electron chi connectivity index (χ4n) is 2.47. The van der Waals surface area contributed by atoms with Crippen molar-refractivity contribution in [2.75, 3.05) is 51.2 Å². The molecule has 0 unspecified atom stereocenters. The minimum absolute atomic E-state index is 0.561. The standard InChI is InChI=1S/C21H31N5O2/c1-5-22-21(24-16-17-10-11-23-20(14-17)26(2)3)25-18-8-6-9-19(15-18)28-13-7-12-27-4/h6,8-11,14-15H,5,7,12-13,16H2,1-4H3,(H2,22,24,25). The molecule has 28 heavy (non-hydrogen) atoms. The van der Waals surface area contributed by atoms with Crippen LogP contribution in [0, 0.1) is 0 Å². The lowest BCUT2D eigenvalue weighted by Gasteiger charge is -2.14. The number of pyridine rings is 1. The molecule has 0 aliphatic heterocycles. The van der Waals surface area contributed by atoms with Crippen molar-refractivity contribution in [3.8, 4) is 5.75 Å². The van der Waals surface area contributed by atoms with Crippen molar-refractivity contribution in [3.63, 3.8) is 0 Å². The lowest BCUT2D eigenvalue weighted by atomic mass is 10.2. The monoisotopic (exact) mass is 385 g/mol. The number of aromatic nitrogens is 1. The van der Waals surface area contributed by atoms with E-state index in [4.69, 9.17) is 9.47 Å². The Morgan fingerprint density at radius 1 is 1.18 bits per heavy atom. The summed E-state index contributed by atoms with van der Waals surface area (Å²) in [5.74, 6) is 2.47. The van der Waals surface area contributed by atoms with Crippen LogP contribution in [0.4, 0.5) is 11.5 Å².